The van der Waals surface area contributed by atoms with Crippen molar-refractivity contribution < 1.29 is 14.6 Å². The van der Waals surface area contributed by atoms with E-state index in [1.165, 1.54) is 12.8 Å². The molecule has 1 N–H and O–H groups in total. The molecule has 2 rings (SSSR count). The van der Waals surface area contributed by atoms with E-state index in [0.717, 1.165) is 18.5 Å². The Morgan fingerprint density at radius 2 is 2.32 bits per heavy atom. The van der Waals surface area contributed by atoms with Gasteiger partial charge in [-0.05, 0) is 57.5 Å². The number of carbonyl (C=O) groups is 1. The summed E-state index contributed by atoms with van der Waals surface area (Å²) < 4.78 is 5.68. The zero-order valence-electron chi connectivity index (χ0n) is 11.6. The maximum absolute atomic E-state index is 11.1. The second-order valence-corrected chi connectivity index (χ2v) is 5.22. The van der Waals surface area contributed by atoms with Crippen LogP contribution >= 0.6 is 0 Å². The van der Waals surface area contributed by atoms with Crippen LogP contribution in [0.1, 0.15) is 35.2 Å². The van der Waals surface area contributed by atoms with E-state index in [4.69, 9.17) is 9.84 Å². The highest BCUT2D eigenvalue weighted by molar-refractivity contribution is 5.90. The number of aromatic carboxylic acids is 1. The minimum atomic E-state index is -0.937. The van der Waals surface area contributed by atoms with Crippen LogP contribution in [0.25, 0.3) is 0 Å². The molecule has 1 aliphatic heterocycles. The van der Waals surface area contributed by atoms with E-state index in [1.54, 1.807) is 18.2 Å². The number of hydrogen-bond donors (Lipinski definition) is 1. The van der Waals surface area contributed by atoms with Crippen molar-refractivity contribution in [1.82, 2.24) is 4.90 Å². The van der Waals surface area contributed by atoms with Crippen molar-refractivity contribution in [2.24, 2.45) is 0 Å². The third-order valence-electron chi connectivity index (χ3n) is 3.75. The van der Waals surface area contributed by atoms with Crippen LogP contribution in [0, 0.1) is 6.92 Å². The summed E-state index contributed by atoms with van der Waals surface area (Å²) in [7, 11) is 2.13. The number of hydrogen-bond acceptors (Lipinski definition) is 3. The predicted molar refractivity (Wildman–Crippen MR) is 73.9 cm³/mol. The van der Waals surface area contributed by atoms with Gasteiger partial charge in [0.1, 0.15) is 11.3 Å². The highest BCUT2D eigenvalue weighted by Gasteiger charge is 2.20. The van der Waals surface area contributed by atoms with Crippen LogP contribution in [0.15, 0.2) is 18.2 Å². The summed E-state index contributed by atoms with van der Waals surface area (Å²) in [5, 5.41) is 9.12. The van der Waals surface area contributed by atoms with Crippen molar-refractivity contribution >= 4 is 5.97 Å². The van der Waals surface area contributed by atoms with Crippen molar-refractivity contribution in [2.75, 3.05) is 20.2 Å². The number of benzene rings is 1. The highest BCUT2D eigenvalue weighted by atomic mass is 16.5. The molecule has 1 aliphatic rings. The van der Waals surface area contributed by atoms with Crippen molar-refractivity contribution in [2.45, 2.75) is 32.2 Å². The molecule has 104 valence electrons. The molecule has 1 heterocycles. The van der Waals surface area contributed by atoms with Crippen LogP contribution in [0.5, 0.6) is 5.75 Å². The minimum absolute atomic E-state index is 0.241. The predicted octanol–water partition coefficient (Wildman–Crippen LogP) is 2.56. The summed E-state index contributed by atoms with van der Waals surface area (Å²) in [5.41, 5.74) is 1.25. The largest absolute Gasteiger partial charge is 0.493 e. The lowest BCUT2D eigenvalue weighted by molar-refractivity contribution is 0.0692. The average molecular weight is 263 g/mol. The minimum Gasteiger partial charge on any atom is -0.493 e. The Morgan fingerprint density at radius 3 is 2.95 bits per heavy atom. The van der Waals surface area contributed by atoms with Gasteiger partial charge in [0.05, 0.1) is 6.61 Å². The van der Waals surface area contributed by atoms with Crippen LogP contribution < -0.4 is 4.74 Å². The zero-order chi connectivity index (χ0) is 13.8. The normalized spacial score (nSPS) is 19.6. The van der Waals surface area contributed by atoms with Crippen molar-refractivity contribution in [3.8, 4) is 5.75 Å². The van der Waals surface area contributed by atoms with E-state index >= 15 is 0 Å². The van der Waals surface area contributed by atoms with E-state index in [9.17, 15) is 4.79 Å². The molecule has 4 heteroatoms. The topological polar surface area (TPSA) is 49.8 Å². The Bertz CT molecular complexity index is 459. The molecular formula is C15H21NO3. The van der Waals surface area contributed by atoms with E-state index in [1.807, 2.05) is 6.92 Å². The van der Waals surface area contributed by atoms with Crippen molar-refractivity contribution in [3.63, 3.8) is 0 Å². The fraction of sp³-hybridized carbons (Fsp3) is 0.533. The molecule has 0 radical (unpaired) electrons. The van der Waals surface area contributed by atoms with Gasteiger partial charge < -0.3 is 14.7 Å². The van der Waals surface area contributed by atoms with Crippen molar-refractivity contribution in [1.29, 1.82) is 0 Å². The van der Waals surface area contributed by atoms with E-state index < -0.39 is 5.97 Å². The second kappa shape index (κ2) is 6.06. The number of carboxylic acid groups (broad SMARTS) is 1. The number of ether oxygens (including phenoxy) is 1. The van der Waals surface area contributed by atoms with E-state index in [-0.39, 0.29) is 5.56 Å². The number of aryl methyl sites for hydroxylation is 1. The summed E-state index contributed by atoms with van der Waals surface area (Å²) in [5.74, 6) is -0.457. The first kappa shape index (κ1) is 13.9. The molecule has 1 aromatic carbocycles. The maximum atomic E-state index is 11.1. The van der Waals surface area contributed by atoms with Crippen LogP contribution in [0.4, 0.5) is 0 Å². The van der Waals surface area contributed by atoms with Crippen LogP contribution in [-0.2, 0) is 0 Å². The van der Waals surface area contributed by atoms with Gasteiger partial charge in [-0.2, -0.15) is 0 Å². The molecule has 0 saturated carbocycles. The fourth-order valence-electron chi connectivity index (χ4n) is 2.57. The fourth-order valence-corrected chi connectivity index (χ4v) is 2.57. The lowest BCUT2D eigenvalue weighted by atomic mass is 10.1. The standard InChI is InChI=1S/C15H21NO3/c1-11-5-6-13(15(17)18)14(10-11)19-9-7-12-4-3-8-16(12)2/h5-6,10,12H,3-4,7-9H2,1-2H3,(H,17,18). The monoisotopic (exact) mass is 263 g/mol. The van der Waals surface area contributed by atoms with Gasteiger partial charge in [-0.15, -0.1) is 0 Å². The first-order valence-electron chi connectivity index (χ1n) is 6.75. The van der Waals surface area contributed by atoms with E-state index in [0.29, 0.717) is 18.4 Å². The lowest BCUT2D eigenvalue weighted by Gasteiger charge is -2.19. The van der Waals surface area contributed by atoms with Gasteiger partial charge in [0, 0.05) is 6.04 Å². The molecule has 1 fully saturated rings. The van der Waals surface area contributed by atoms with Gasteiger partial charge in [-0.1, -0.05) is 6.07 Å². The molecular weight excluding hydrogens is 242 g/mol. The SMILES string of the molecule is Cc1ccc(C(=O)O)c(OCCC2CCCN2C)c1. The smallest absolute Gasteiger partial charge is 0.339 e. The average Bonchev–Trinajstić information content (AvgIpc) is 2.75. The molecule has 1 atom stereocenters. The van der Waals surface area contributed by atoms with Gasteiger partial charge in [0.2, 0.25) is 0 Å². The number of likely N-dealkylation sites (tertiary alicyclic amines) is 1. The molecule has 4 nitrogen and oxygen atoms in total. The number of nitrogens with zero attached hydrogens (tertiary/aromatic N) is 1. The van der Waals surface area contributed by atoms with Crippen LogP contribution in [-0.4, -0.2) is 42.2 Å². The Hall–Kier alpha value is -1.55. The number of carboxylic acids is 1. The van der Waals surface area contributed by atoms with Crippen LogP contribution in [0.2, 0.25) is 0 Å². The highest BCUT2D eigenvalue weighted by Crippen LogP contribution is 2.22. The zero-order valence-corrected chi connectivity index (χ0v) is 11.6. The third kappa shape index (κ3) is 3.47. The van der Waals surface area contributed by atoms with Gasteiger partial charge in [-0.3, -0.25) is 0 Å². The molecule has 1 unspecified atom stereocenters. The van der Waals surface area contributed by atoms with E-state index in [2.05, 4.69) is 11.9 Å². The summed E-state index contributed by atoms with van der Waals surface area (Å²) in [6.45, 7) is 3.65. The Balaban J connectivity index is 1.95. The summed E-state index contributed by atoms with van der Waals surface area (Å²) in [4.78, 5) is 13.5. The van der Waals surface area contributed by atoms with Crippen molar-refractivity contribution in [3.05, 3.63) is 29.3 Å². The summed E-state index contributed by atoms with van der Waals surface area (Å²) >= 11 is 0. The Kier molecular flexibility index (Phi) is 4.43. The lowest BCUT2D eigenvalue weighted by Crippen LogP contribution is -2.26. The molecule has 1 saturated heterocycles. The van der Waals surface area contributed by atoms with Gasteiger partial charge >= 0.3 is 5.97 Å². The Labute approximate surface area is 114 Å². The van der Waals surface area contributed by atoms with Gasteiger partial charge in [-0.25, -0.2) is 4.79 Å². The first-order valence-corrected chi connectivity index (χ1v) is 6.75. The molecule has 19 heavy (non-hydrogen) atoms. The molecule has 0 aliphatic carbocycles. The molecule has 0 spiro atoms. The Morgan fingerprint density at radius 1 is 1.53 bits per heavy atom. The first-order chi connectivity index (χ1) is 9.08. The molecule has 0 aromatic heterocycles. The molecule has 0 bridgehead atoms. The second-order valence-electron chi connectivity index (χ2n) is 5.22. The summed E-state index contributed by atoms with van der Waals surface area (Å²) in [6.07, 6.45) is 3.40. The molecule has 1 aromatic rings. The quantitative estimate of drug-likeness (QED) is 0.887. The van der Waals surface area contributed by atoms with Gasteiger partial charge in [0.25, 0.3) is 0 Å². The van der Waals surface area contributed by atoms with Gasteiger partial charge in [0.15, 0.2) is 0 Å². The summed E-state index contributed by atoms with van der Waals surface area (Å²) in [6, 6.07) is 5.76. The number of rotatable bonds is 5. The maximum Gasteiger partial charge on any atom is 0.339 e. The molecule has 0 amide bonds. The third-order valence-corrected chi connectivity index (χ3v) is 3.75. The van der Waals surface area contributed by atoms with Crippen LogP contribution in [0.3, 0.4) is 0 Å².